The van der Waals surface area contributed by atoms with Crippen molar-refractivity contribution in [3.8, 4) is 11.8 Å². The van der Waals surface area contributed by atoms with Crippen LogP contribution in [0.25, 0.3) is 5.65 Å². The Hall–Kier alpha value is -4.16. The summed E-state index contributed by atoms with van der Waals surface area (Å²) >= 11 is 0. The fourth-order valence-corrected chi connectivity index (χ4v) is 3.98. The molecular weight excluding hydrogens is 404 g/mol. The highest BCUT2D eigenvalue weighted by Gasteiger charge is 2.19. The Bertz CT molecular complexity index is 1410. The van der Waals surface area contributed by atoms with Crippen molar-refractivity contribution in [2.75, 3.05) is 4.72 Å². The number of hydrogen-bond acceptors (Lipinski definition) is 5. The maximum Gasteiger partial charge on any atom is 0.354 e. The summed E-state index contributed by atoms with van der Waals surface area (Å²) in [5.74, 6) is 4.64. The molecule has 148 valence electrons. The third-order valence-electron chi connectivity index (χ3n) is 4.17. The molecule has 0 fully saturated rings. The zero-order chi connectivity index (χ0) is 21.1. The first-order valence-electron chi connectivity index (χ1n) is 8.69. The van der Waals surface area contributed by atoms with Crippen LogP contribution < -0.4 is 4.72 Å². The van der Waals surface area contributed by atoms with Gasteiger partial charge in [-0.1, -0.05) is 24.0 Å². The first kappa shape index (κ1) is 19.2. The Labute approximate surface area is 171 Å². The van der Waals surface area contributed by atoms with E-state index in [1.54, 1.807) is 47.1 Å². The molecule has 0 aliphatic heterocycles. The van der Waals surface area contributed by atoms with E-state index in [1.165, 1.54) is 30.6 Å². The van der Waals surface area contributed by atoms with E-state index >= 15 is 0 Å². The summed E-state index contributed by atoms with van der Waals surface area (Å²) in [6.45, 7) is 0. The van der Waals surface area contributed by atoms with Crippen molar-refractivity contribution in [1.29, 1.82) is 0 Å². The fourth-order valence-electron chi connectivity index (χ4n) is 2.75. The number of para-hydroxylation sites is 1. The summed E-state index contributed by atoms with van der Waals surface area (Å²) in [6, 6.07) is 12.7. The van der Waals surface area contributed by atoms with Crippen molar-refractivity contribution in [3.63, 3.8) is 0 Å². The van der Waals surface area contributed by atoms with Crippen LogP contribution in [0.3, 0.4) is 0 Å². The predicted molar refractivity (Wildman–Crippen MR) is 110 cm³/mol. The zero-order valence-electron chi connectivity index (χ0n) is 15.4. The highest BCUT2D eigenvalue weighted by Crippen LogP contribution is 2.22. The van der Waals surface area contributed by atoms with Gasteiger partial charge in [0.2, 0.25) is 0 Å². The lowest BCUT2D eigenvalue weighted by molar-refractivity contribution is 0.0690. The van der Waals surface area contributed by atoms with Crippen LogP contribution in [0.1, 0.15) is 21.6 Å². The van der Waals surface area contributed by atoms with E-state index in [0.29, 0.717) is 22.5 Å². The second kappa shape index (κ2) is 7.69. The molecule has 0 aliphatic rings. The first-order chi connectivity index (χ1) is 14.4. The highest BCUT2D eigenvalue weighted by atomic mass is 32.2. The van der Waals surface area contributed by atoms with Crippen LogP contribution in [-0.2, 0) is 10.0 Å². The molecule has 4 rings (SSSR count). The molecule has 4 aromatic rings. The van der Waals surface area contributed by atoms with Gasteiger partial charge in [-0.25, -0.2) is 23.2 Å². The average molecular weight is 418 g/mol. The molecule has 0 saturated carbocycles. The lowest BCUT2D eigenvalue weighted by atomic mass is 10.1. The maximum atomic E-state index is 13.0. The topological polar surface area (TPSA) is 114 Å². The quantitative estimate of drug-likeness (QED) is 0.493. The fraction of sp³-hybridized carbons (Fsp3) is 0. The smallest absolute Gasteiger partial charge is 0.354 e. The van der Waals surface area contributed by atoms with Gasteiger partial charge in [-0.3, -0.25) is 4.72 Å². The first-order valence-corrected chi connectivity index (χ1v) is 10.2. The molecule has 30 heavy (non-hydrogen) atoms. The van der Waals surface area contributed by atoms with Crippen LogP contribution in [0.4, 0.5) is 5.69 Å². The van der Waals surface area contributed by atoms with Crippen molar-refractivity contribution in [1.82, 2.24) is 14.4 Å². The Morgan fingerprint density at radius 3 is 2.60 bits per heavy atom. The normalized spacial score (nSPS) is 10.9. The number of carboxylic acid groups (broad SMARTS) is 1. The van der Waals surface area contributed by atoms with E-state index in [1.807, 2.05) is 0 Å². The van der Waals surface area contributed by atoms with Crippen LogP contribution in [0, 0.1) is 11.8 Å². The standard InChI is InChI=1S/C21H14N4O4S/c26-21(27)18-10-8-15(14-23-18)7-9-16-4-1-2-5-17(16)24-30(28,29)19-6-3-12-25-13-11-22-20(19)25/h1-6,8,10-14,24H,(H,26,27). The molecule has 3 heterocycles. The van der Waals surface area contributed by atoms with Gasteiger partial charge in [0.05, 0.1) is 5.69 Å². The molecule has 9 heteroatoms. The van der Waals surface area contributed by atoms with Gasteiger partial charge in [-0.15, -0.1) is 0 Å². The number of anilines is 1. The summed E-state index contributed by atoms with van der Waals surface area (Å²) in [4.78, 5) is 18.9. The SMILES string of the molecule is O=C(O)c1ccc(C#Cc2ccccc2NS(=O)(=O)c2cccn3ccnc23)cn1. The number of carboxylic acids is 1. The van der Waals surface area contributed by atoms with Crippen LogP contribution in [0.5, 0.6) is 0 Å². The van der Waals surface area contributed by atoms with Crippen molar-refractivity contribution >= 4 is 27.3 Å². The second-order valence-corrected chi connectivity index (χ2v) is 7.82. The summed E-state index contributed by atoms with van der Waals surface area (Å²) < 4.78 is 30.1. The lowest BCUT2D eigenvalue weighted by Gasteiger charge is -2.10. The summed E-state index contributed by atoms with van der Waals surface area (Å²) in [6.07, 6.45) is 6.25. The van der Waals surface area contributed by atoms with Gasteiger partial charge in [0.25, 0.3) is 10.0 Å². The summed E-state index contributed by atoms with van der Waals surface area (Å²) in [5, 5.41) is 8.90. The lowest BCUT2D eigenvalue weighted by Crippen LogP contribution is -2.15. The minimum Gasteiger partial charge on any atom is -0.477 e. The number of pyridine rings is 2. The number of nitrogens with one attached hydrogen (secondary N) is 1. The van der Waals surface area contributed by atoms with Crippen molar-refractivity contribution in [3.05, 3.63) is 90.1 Å². The maximum absolute atomic E-state index is 13.0. The van der Waals surface area contributed by atoms with E-state index in [2.05, 4.69) is 26.5 Å². The van der Waals surface area contributed by atoms with Gasteiger partial charge in [-0.2, -0.15) is 0 Å². The number of fused-ring (bicyclic) bond motifs is 1. The number of rotatable bonds is 4. The Morgan fingerprint density at radius 2 is 1.83 bits per heavy atom. The molecule has 1 aromatic carbocycles. The van der Waals surface area contributed by atoms with Gasteiger partial charge >= 0.3 is 5.97 Å². The Balaban J connectivity index is 1.66. The van der Waals surface area contributed by atoms with Gasteiger partial charge in [0.1, 0.15) is 10.6 Å². The van der Waals surface area contributed by atoms with E-state index < -0.39 is 16.0 Å². The van der Waals surface area contributed by atoms with E-state index in [4.69, 9.17) is 5.11 Å². The molecule has 0 saturated heterocycles. The van der Waals surface area contributed by atoms with Crippen molar-refractivity contribution in [2.24, 2.45) is 0 Å². The molecule has 3 aromatic heterocycles. The van der Waals surface area contributed by atoms with Crippen LogP contribution in [0.2, 0.25) is 0 Å². The number of imidazole rings is 1. The number of benzene rings is 1. The number of hydrogen-bond donors (Lipinski definition) is 2. The van der Waals surface area contributed by atoms with Crippen LogP contribution in [0.15, 0.2) is 78.2 Å². The minimum absolute atomic E-state index is 0.0474. The Kier molecular flexibility index (Phi) is 4.92. The largest absolute Gasteiger partial charge is 0.477 e. The molecule has 0 amide bonds. The third-order valence-corrected chi connectivity index (χ3v) is 5.55. The zero-order valence-corrected chi connectivity index (χ0v) is 16.2. The molecule has 0 spiro atoms. The number of carbonyl (C=O) groups is 1. The van der Waals surface area contributed by atoms with E-state index in [9.17, 15) is 13.2 Å². The number of sulfonamides is 1. The molecule has 0 unspecified atom stereocenters. The summed E-state index contributed by atoms with van der Waals surface area (Å²) in [7, 11) is -3.91. The predicted octanol–water partition coefficient (Wildman–Crippen LogP) is 2.63. The molecular formula is C21H14N4O4S. The van der Waals surface area contributed by atoms with E-state index in [0.717, 1.165) is 0 Å². The van der Waals surface area contributed by atoms with E-state index in [-0.39, 0.29) is 10.6 Å². The molecule has 0 aliphatic carbocycles. The second-order valence-electron chi connectivity index (χ2n) is 6.17. The summed E-state index contributed by atoms with van der Waals surface area (Å²) in [5.41, 5.74) is 1.51. The van der Waals surface area contributed by atoms with Crippen molar-refractivity contribution in [2.45, 2.75) is 4.90 Å². The highest BCUT2D eigenvalue weighted by molar-refractivity contribution is 7.93. The van der Waals surface area contributed by atoms with Crippen LogP contribution >= 0.6 is 0 Å². The number of aromatic carboxylic acids is 1. The van der Waals surface area contributed by atoms with Crippen LogP contribution in [-0.4, -0.2) is 33.9 Å². The third kappa shape index (κ3) is 3.85. The number of nitrogens with zero attached hydrogens (tertiary/aromatic N) is 3. The van der Waals surface area contributed by atoms with Gasteiger partial charge < -0.3 is 9.51 Å². The molecule has 0 radical (unpaired) electrons. The minimum atomic E-state index is -3.91. The van der Waals surface area contributed by atoms with Gasteiger partial charge in [0, 0.05) is 35.9 Å². The Morgan fingerprint density at radius 1 is 1.00 bits per heavy atom. The molecule has 2 N–H and O–H groups in total. The molecule has 0 bridgehead atoms. The monoisotopic (exact) mass is 418 g/mol. The van der Waals surface area contributed by atoms with Gasteiger partial charge in [-0.05, 0) is 36.4 Å². The molecule has 8 nitrogen and oxygen atoms in total. The van der Waals surface area contributed by atoms with Crippen molar-refractivity contribution < 1.29 is 18.3 Å². The van der Waals surface area contributed by atoms with Gasteiger partial charge in [0.15, 0.2) is 5.65 Å². The molecule has 0 atom stereocenters. The average Bonchev–Trinajstić information content (AvgIpc) is 3.22. The number of aromatic nitrogens is 3.